The lowest BCUT2D eigenvalue weighted by Crippen LogP contribution is -1.99. The van der Waals surface area contributed by atoms with Crippen molar-refractivity contribution in [3.63, 3.8) is 0 Å². The van der Waals surface area contributed by atoms with Gasteiger partial charge in [0.2, 0.25) is 0 Å². The summed E-state index contributed by atoms with van der Waals surface area (Å²) in [4.78, 5) is 9.30. The predicted octanol–water partition coefficient (Wildman–Crippen LogP) is 1.73. The van der Waals surface area contributed by atoms with Gasteiger partial charge in [0.1, 0.15) is 5.82 Å². The number of thiazole rings is 1. The molecule has 5 heteroatoms. The summed E-state index contributed by atoms with van der Waals surface area (Å²) < 4.78 is 0. The third-order valence-corrected chi connectivity index (χ3v) is 2.49. The second kappa shape index (κ2) is 4.06. The largest absolute Gasteiger partial charge is 0.397 e. The topological polar surface area (TPSA) is 63.8 Å². The summed E-state index contributed by atoms with van der Waals surface area (Å²) >= 11 is 1.62. The van der Waals surface area contributed by atoms with Crippen molar-refractivity contribution >= 4 is 22.8 Å². The minimum absolute atomic E-state index is 0.674. The van der Waals surface area contributed by atoms with Crippen LogP contribution < -0.4 is 11.1 Å². The van der Waals surface area contributed by atoms with E-state index in [1.165, 1.54) is 4.88 Å². The quantitative estimate of drug-likeness (QED) is 0.802. The van der Waals surface area contributed by atoms with Crippen LogP contribution in [0, 0.1) is 0 Å². The SMILES string of the molecule is Nc1ccc(NCc2cncs2)nc1. The highest BCUT2D eigenvalue weighted by atomic mass is 32.1. The van der Waals surface area contributed by atoms with Gasteiger partial charge >= 0.3 is 0 Å². The van der Waals surface area contributed by atoms with E-state index in [1.807, 2.05) is 23.8 Å². The Kier molecular flexibility index (Phi) is 2.60. The standard InChI is InChI=1S/C9H10N4S/c10-7-1-2-9(12-3-7)13-5-8-4-11-6-14-8/h1-4,6H,5,10H2,(H,12,13). The van der Waals surface area contributed by atoms with E-state index in [4.69, 9.17) is 5.73 Å². The van der Waals surface area contributed by atoms with E-state index < -0.39 is 0 Å². The monoisotopic (exact) mass is 206 g/mol. The highest BCUT2D eigenvalue weighted by Crippen LogP contribution is 2.10. The first-order valence-corrected chi connectivity index (χ1v) is 5.05. The molecule has 4 nitrogen and oxygen atoms in total. The van der Waals surface area contributed by atoms with Crippen molar-refractivity contribution in [2.24, 2.45) is 0 Å². The van der Waals surface area contributed by atoms with Gasteiger partial charge in [0, 0.05) is 11.1 Å². The molecule has 0 amide bonds. The molecule has 0 aliphatic rings. The highest BCUT2D eigenvalue weighted by Gasteiger charge is 1.95. The molecule has 3 N–H and O–H groups in total. The van der Waals surface area contributed by atoms with E-state index in [0.717, 1.165) is 12.4 Å². The number of hydrogen-bond donors (Lipinski definition) is 2. The number of pyridine rings is 1. The Hall–Kier alpha value is -1.62. The van der Waals surface area contributed by atoms with Gasteiger partial charge in [-0.2, -0.15) is 0 Å². The third kappa shape index (κ3) is 2.20. The summed E-state index contributed by atoms with van der Waals surface area (Å²) in [7, 11) is 0. The van der Waals surface area contributed by atoms with Crippen LogP contribution in [0.5, 0.6) is 0 Å². The number of anilines is 2. The van der Waals surface area contributed by atoms with Crippen molar-refractivity contribution < 1.29 is 0 Å². The molecule has 0 radical (unpaired) electrons. The molecule has 0 aromatic carbocycles. The molecule has 14 heavy (non-hydrogen) atoms. The lowest BCUT2D eigenvalue weighted by molar-refractivity contribution is 1.13. The molecule has 72 valence electrons. The summed E-state index contributed by atoms with van der Waals surface area (Å²) in [6, 6.07) is 3.68. The molecule has 2 aromatic heterocycles. The Balaban J connectivity index is 1.95. The average molecular weight is 206 g/mol. The summed E-state index contributed by atoms with van der Waals surface area (Å²) in [6.45, 7) is 0.752. The summed E-state index contributed by atoms with van der Waals surface area (Å²) in [5, 5.41) is 3.18. The summed E-state index contributed by atoms with van der Waals surface area (Å²) in [6.07, 6.45) is 3.48. The van der Waals surface area contributed by atoms with Crippen molar-refractivity contribution in [3.05, 3.63) is 34.9 Å². The van der Waals surface area contributed by atoms with Crippen molar-refractivity contribution in [2.45, 2.75) is 6.54 Å². The van der Waals surface area contributed by atoms with Crippen LogP contribution in [0.4, 0.5) is 11.5 Å². The molecule has 2 rings (SSSR count). The van der Waals surface area contributed by atoms with Gasteiger partial charge in [-0.25, -0.2) is 4.98 Å². The van der Waals surface area contributed by atoms with Gasteiger partial charge < -0.3 is 11.1 Å². The van der Waals surface area contributed by atoms with Crippen molar-refractivity contribution in [3.8, 4) is 0 Å². The zero-order valence-electron chi connectivity index (χ0n) is 7.47. The molecule has 0 saturated heterocycles. The number of nitrogen functional groups attached to an aromatic ring is 1. The summed E-state index contributed by atoms with van der Waals surface area (Å²) in [5.74, 6) is 0.826. The molecule has 0 saturated carbocycles. The van der Waals surface area contributed by atoms with Gasteiger partial charge in [-0.05, 0) is 12.1 Å². The predicted molar refractivity (Wildman–Crippen MR) is 58.1 cm³/mol. The summed E-state index contributed by atoms with van der Waals surface area (Å²) in [5.41, 5.74) is 8.01. The fourth-order valence-electron chi connectivity index (χ4n) is 1.02. The van der Waals surface area contributed by atoms with Crippen LogP contribution in [0.2, 0.25) is 0 Å². The van der Waals surface area contributed by atoms with Gasteiger partial charge in [-0.15, -0.1) is 11.3 Å². The minimum atomic E-state index is 0.674. The van der Waals surface area contributed by atoms with Gasteiger partial charge in [0.25, 0.3) is 0 Å². The second-order valence-electron chi connectivity index (χ2n) is 2.80. The number of rotatable bonds is 3. The van der Waals surface area contributed by atoms with E-state index in [-0.39, 0.29) is 0 Å². The Bertz CT molecular complexity index is 382. The van der Waals surface area contributed by atoms with Crippen molar-refractivity contribution in [2.75, 3.05) is 11.1 Å². The molecular formula is C9H10N4S. The Morgan fingerprint density at radius 1 is 1.36 bits per heavy atom. The van der Waals surface area contributed by atoms with Gasteiger partial charge in [0.05, 0.1) is 23.9 Å². The molecule has 0 unspecified atom stereocenters. The molecule has 0 aliphatic heterocycles. The first-order valence-electron chi connectivity index (χ1n) is 4.17. The maximum Gasteiger partial charge on any atom is 0.126 e. The molecule has 0 aliphatic carbocycles. The number of nitrogens with one attached hydrogen (secondary N) is 1. The second-order valence-corrected chi connectivity index (χ2v) is 3.77. The van der Waals surface area contributed by atoms with Crippen LogP contribution in [-0.4, -0.2) is 9.97 Å². The maximum absolute atomic E-state index is 5.52. The highest BCUT2D eigenvalue weighted by molar-refractivity contribution is 7.09. The number of nitrogens with zero attached hydrogens (tertiary/aromatic N) is 2. The van der Waals surface area contributed by atoms with Gasteiger partial charge in [0.15, 0.2) is 0 Å². The first-order chi connectivity index (χ1) is 6.84. The van der Waals surface area contributed by atoms with E-state index in [0.29, 0.717) is 5.69 Å². The fraction of sp³-hybridized carbons (Fsp3) is 0.111. The van der Waals surface area contributed by atoms with E-state index in [1.54, 1.807) is 17.5 Å². The lowest BCUT2D eigenvalue weighted by atomic mass is 10.4. The van der Waals surface area contributed by atoms with Crippen LogP contribution in [-0.2, 0) is 6.54 Å². The Morgan fingerprint density at radius 3 is 2.93 bits per heavy atom. The molecule has 0 fully saturated rings. The van der Waals surface area contributed by atoms with E-state index >= 15 is 0 Å². The van der Waals surface area contributed by atoms with Gasteiger partial charge in [-0.3, -0.25) is 4.98 Å². The smallest absolute Gasteiger partial charge is 0.126 e. The van der Waals surface area contributed by atoms with E-state index in [9.17, 15) is 0 Å². The molecule has 0 bridgehead atoms. The number of nitrogens with two attached hydrogens (primary N) is 1. The molecule has 2 heterocycles. The van der Waals surface area contributed by atoms with Crippen molar-refractivity contribution in [1.29, 1.82) is 0 Å². The minimum Gasteiger partial charge on any atom is -0.397 e. The van der Waals surface area contributed by atoms with Crippen LogP contribution in [0.1, 0.15) is 4.88 Å². The fourth-order valence-corrected chi connectivity index (χ4v) is 1.55. The zero-order chi connectivity index (χ0) is 9.80. The van der Waals surface area contributed by atoms with Crippen molar-refractivity contribution in [1.82, 2.24) is 9.97 Å². The third-order valence-electron chi connectivity index (χ3n) is 1.71. The van der Waals surface area contributed by atoms with Crippen LogP contribution >= 0.6 is 11.3 Å². The maximum atomic E-state index is 5.52. The lowest BCUT2D eigenvalue weighted by Gasteiger charge is -2.02. The average Bonchev–Trinajstić information content (AvgIpc) is 2.70. The van der Waals surface area contributed by atoms with Crippen LogP contribution in [0.25, 0.3) is 0 Å². The van der Waals surface area contributed by atoms with Crippen LogP contribution in [0.15, 0.2) is 30.0 Å². The molecule has 0 spiro atoms. The Labute approximate surface area is 85.8 Å². The first kappa shape index (κ1) is 8.96. The molecule has 0 atom stereocenters. The normalized spacial score (nSPS) is 10.0. The zero-order valence-corrected chi connectivity index (χ0v) is 8.29. The molecule has 2 aromatic rings. The van der Waals surface area contributed by atoms with Gasteiger partial charge in [-0.1, -0.05) is 0 Å². The Morgan fingerprint density at radius 2 is 2.29 bits per heavy atom. The number of hydrogen-bond acceptors (Lipinski definition) is 5. The number of aromatic nitrogens is 2. The van der Waals surface area contributed by atoms with Crippen LogP contribution in [0.3, 0.4) is 0 Å². The van der Waals surface area contributed by atoms with E-state index in [2.05, 4.69) is 15.3 Å². The molecular weight excluding hydrogens is 196 g/mol.